The molecule has 0 radical (unpaired) electrons. The molecule has 4 N–H and O–H groups in total. The predicted molar refractivity (Wildman–Crippen MR) is 50.7 cm³/mol. The number of thioether (sulfide) groups is 1. The number of rotatable bonds is 5. The number of hydrogen-bond acceptors (Lipinski definition) is 5. The van der Waals surface area contributed by atoms with Crippen molar-refractivity contribution in [2.75, 3.05) is 24.7 Å². The number of ether oxygens (including phenoxy) is 1. The Morgan fingerprint density at radius 3 is 3.15 bits per heavy atom. The van der Waals surface area contributed by atoms with Crippen LogP contribution in [0.2, 0.25) is 0 Å². The fraction of sp³-hybridized carbons (Fsp3) is 0.857. The Morgan fingerprint density at radius 2 is 2.62 bits per heavy atom. The molecule has 1 aliphatic heterocycles. The number of carbonyl (C=O) groups is 1. The van der Waals surface area contributed by atoms with Crippen molar-refractivity contribution in [1.29, 1.82) is 0 Å². The molecule has 6 heteroatoms. The van der Waals surface area contributed by atoms with E-state index in [9.17, 15) is 4.79 Å². The fourth-order valence-electron chi connectivity index (χ4n) is 0.960. The summed E-state index contributed by atoms with van der Waals surface area (Å²) in [6, 6.07) is -0.772. The molecule has 1 fully saturated rings. The fourth-order valence-corrected chi connectivity index (χ4v) is 1.92. The molecule has 2 unspecified atom stereocenters. The molecule has 76 valence electrons. The third kappa shape index (κ3) is 3.95. The minimum Gasteiger partial charge on any atom is -0.480 e. The highest BCUT2D eigenvalue weighted by Crippen LogP contribution is 2.07. The van der Waals surface area contributed by atoms with Gasteiger partial charge in [-0.2, -0.15) is 11.8 Å². The Bertz CT molecular complexity index is 173. The van der Waals surface area contributed by atoms with Gasteiger partial charge < -0.3 is 15.6 Å². The first-order chi connectivity index (χ1) is 6.20. The van der Waals surface area contributed by atoms with Gasteiger partial charge in [0.25, 0.3) is 0 Å². The maximum absolute atomic E-state index is 10.3. The molecular formula is C7H14N2O3S. The van der Waals surface area contributed by atoms with Gasteiger partial charge in [-0.1, -0.05) is 0 Å². The third-order valence-corrected chi connectivity index (χ3v) is 2.81. The van der Waals surface area contributed by atoms with Crippen molar-refractivity contribution in [3.63, 3.8) is 0 Å². The van der Waals surface area contributed by atoms with Crippen LogP contribution in [-0.4, -0.2) is 48.0 Å². The second-order valence-corrected chi connectivity index (χ2v) is 3.87. The summed E-state index contributed by atoms with van der Waals surface area (Å²) in [5, 5.41) is 11.6. The molecule has 0 aromatic rings. The van der Waals surface area contributed by atoms with Gasteiger partial charge in [0.2, 0.25) is 0 Å². The lowest BCUT2D eigenvalue weighted by molar-refractivity contribution is -0.137. The lowest BCUT2D eigenvalue weighted by Crippen LogP contribution is -2.33. The van der Waals surface area contributed by atoms with Gasteiger partial charge in [0.1, 0.15) is 12.3 Å². The number of carboxylic acids is 1. The molecule has 1 rings (SSSR count). The Labute approximate surface area is 81.0 Å². The average molecular weight is 206 g/mol. The maximum Gasteiger partial charge on any atom is 0.321 e. The van der Waals surface area contributed by atoms with Crippen molar-refractivity contribution < 1.29 is 14.6 Å². The standard InChI is InChI=1S/C7H14N2O3S/c8-5(7(10)11)3-13-4-6-9-1-2-12-6/h5-6,9H,1-4,8H2,(H,10,11). The van der Waals surface area contributed by atoms with Crippen molar-refractivity contribution in [1.82, 2.24) is 5.32 Å². The molecule has 1 aliphatic rings. The number of carboxylic acid groups (broad SMARTS) is 1. The topological polar surface area (TPSA) is 84.6 Å². The van der Waals surface area contributed by atoms with E-state index in [1.807, 2.05) is 0 Å². The van der Waals surface area contributed by atoms with Crippen molar-refractivity contribution >= 4 is 17.7 Å². The van der Waals surface area contributed by atoms with E-state index in [4.69, 9.17) is 15.6 Å². The van der Waals surface area contributed by atoms with Gasteiger partial charge in [0.15, 0.2) is 0 Å². The number of nitrogens with one attached hydrogen (secondary N) is 1. The van der Waals surface area contributed by atoms with E-state index in [1.54, 1.807) is 0 Å². The lowest BCUT2D eigenvalue weighted by atomic mass is 10.4. The van der Waals surface area contributed by atoms with E-state index in [0.717, 1.165) is 18.9 Å². The zero-order valence-corrected chi connectivity index (χ0v) is 8.05. The second-order valence-electron chi connectivity index (χ2n) is 2.80. The summed E-state index contributed by atoms with van der Waals surface area (Å²) in [5.74, 6) is 0.227. The van der Waals surface area contributed by atoms with Crippen LogP contribution in [-0.2, 0) is 9.53 Å². The van der Waals surface area contributed by atoms with Gasteiger partial charge in [0.05, 0.1) is 6.61 Å². The van der Waals surface area contributed by atoms with E-state index in [1.165, 1.54) is 11.8 Å². The van der Waals surface area contributed by atoms with E-state index in [2.05, 4.69) is 5.32 Å². The van der Waals surface area contributed by atoms with Gasteiger partial charge in [-0.3, -0.25) is 10.1 Å². The highest BCUT2D eigenvalue weighted by atomic mass is 32.2. The first-order valence-electron chi connectivity index (χ1n) is 4.11. The minimum absolute atomic E-state index is 0.0611. The first-order valence-corrected chi connectivity index (χ1v) is 5.26. The van der Waals surface area contributed by atoms with Crippen molar-refractivity contribution in [2.45, 2.75) is 12.3 Å². The summed E-state index contributed by atoms with van der Waals surface area (Å²) in [5.41, 5.74) is 5.32. The average Bonchev–Trinajstić information content (AvgIpc) is 2.56. The van der Waals surface area contributed by atoms with Crippen molar-refractivity contribution in [3.8, 4) is 0 Å². The molecule has 1 saturated heterocycles. The number of hydrogen-bond donors (Lipinski definition) is 3. The van der Waals surface area contributed by atoms with Crippen molar-refractivity contribution in [3.05, 3.63) is 0 Å². The van der Waals surface area contributed by atoms with Gasteiger partial charge >= 0.3 is 5.97 Å². The lowest BCUT2D eigenvalue weighted by Gasteiger charge is -2.10. The van der Waals surface area contributed by atoms with E-state index in [0.29, 0.717) is 5.75 Å². The zero-order valence-electron chi connectivity index (χ0n) is 7.23. The smallest absolute Gasteiger partial charge is 0.321 e. The highest BCUT2D eigenvalue weighted by molar-refractivity contribution is 7.99. The van der Waals surface area contributed by atoms with Crippen LogP contribution < -0.4 is 11.1 Å². The van der Waals surface area contributed by atoms with Gasteiger partial charge in [-0.05, 0) is 0 Å². The maximum atomic E-state index is 10.3. The summed E-state index contributed by atoms with van der Waals surface area (Å²) < 4.78 is 5.28. The van der Waals surface area contributed by atoms with Gasteiger partial charge in [-0.15, -0.1) is 0 Å². The van der Waals surface area contributed by atoms with E-state index >= 15 is 0 Å². The largest absolute Gasteiger partial charge is 0.480 e. The summed E-state index contributed by atoms with van der Waals surface area (Å²) >= 11 is 1.49. The minimum atomic E-state index is -0.951. The first kappa shape index (κ1) is 10.8. The molecule has 0 saturated carbocycles. The molecule has 0 amide bonds. The molecule has 0 aromatic heterocycles. The third-order valence-electron chi connectivity index (χ3n) is 1.68. The van der Waals surface area contributed by atoms with Crippen molar-refractivity contribution in [2.24, 2.45) is 5.73 Å². The number of aliphatic carboxylic acids is 1. The van der Waals surface area contributed by atoms with Gasteiger partial charge in [0, 0.05) is 18.1 Å². The molecule has 1 heterocycles. The molecule has 0 bridgehead atoms. The highest BCUT2D eigenvalue weighted by Gasteiger charge is 2.16. The quantitative estimate of drug-likeness (QED) is 0.539. The summed E-state index contributed by atoms with van der Waals surface area (Å²) in [6.07, 6.45) is 0.0611. The van der Waals surface area contributed by atoms with Crippen LogP contribution in [0, 0.1) is 0 Å². The SMILES string of the molecule is NC(CSCC1NCCO1)C(=O)O. The van der Waals surface area contributed by atoms with Crippen LogP contribution in [0.15, 0.2) is 0 Å². The molecule has 2 atom stereocenters. The Morgan fingerprint density at radius 1 is 1.85 bits per heavy atom. The summed E-state index contributed by atoms with van der Waals surface area (Å²) in [7, 11) is 0. The van der Waals surface area contributed by atoms with Crippen LogP contribution in [0.25, 0.3) is 0 Å². The summed E-state index contributed by atoms with van der Waals surface area (Å²) in [6.45, 7) is 1.60. The molecule has 0 aliphatic carbocycles. The Kier molecular flexibility index (Phi) is 4.51. The predicted octanol–water partition coefficient (Wildman–Crippen LogP) is -0.923. The summed E-state index contributed by atoms with van der Waals surface area (Å²) in [4.78, 5) is 10.3. The molecule has 0 aromatic carbocycles. The second kappa shape index (κ2) is 5.43. The molecule has 13 heavy (non-hydrogen) atoms. The van der Waals surface area contributed by atoms with Crippen LogP contribution in [0.3, 0.4) is 0 Å². The van der Waals surface area contributed by atoms with Crippen LogP contribution in [0.4, 0.5) is 0 Å². The van der Waals surface area contributed by atoms with Crippen LogP contribution in [0.5, 0.6) is 0 Å². The Balaban J connectivity index is 2.02. The monoisotopic (exact) mass is 206 g/mol. The normalized spacial score (nSPS) is 24.5. The van der Waals surface area contributed by atoms with E-state index in [-0.39, 0.29) is 6.23 Å². The van der Waals surface area contributed by atoms with Gasteiger partial charge in [-0.25, -0.2) is 0 Å². The van der Waals surface area contributed by atoms with Crippen LogP contribution in [0.1, 0.15) is 0 Å². The molecule has 0 spiro atoms. The zero-order chi connectivity index (χ0) is 9.68. The Hall–Kier alpha value is -0.300. The van der Waals surface area contributed by atoms with Crippen LogP contribution >= 0.6 is 11.8 Å². The van der Waals surface area contributed by atoms with E-state index < -0.39 is 12.0 Å². The number of nitrogens with two attached hydrogens (primary N) is 1. The molecule has 5 nitrogen and oxygen atoms in total. The molecular weight excluding hydrogens is 192 g/mol.